The van der Waals surface area contributed by atoms with Crippen molar-refractivity contribution in [3.8, 4) is 44.5 Å². The number of hydrogen-bond donors (Lipinski definition) is 2. The first-order valence-electron chi connectivity index (χ1n) is 13.2. The van der Waals surface area contributed by atoms with Crippen LogP contribution in [0.1, 0.15) is 11.3 Å². The number of carbonyl (C=O) groups excluding carboxylic acids is 1. The highest BCUT2D eigenvalue weighted by Gasteiger charge is 2.24. The van der Waals surface area contributed by atoms with E-state index in [9.17, 15) is 4.79 Å². The number of thiophene rings is 1. The van der Waals surface area contributed by atoms with Gasteiger partial charge in [0, 0.05) is 68.7 Å². The fourth-order valence-electron chi connectivity index (χ4n) is 4.86. The highest BCUT2D eigenvalue weighted by molar-refractivity contribution is 7.23. The summed E-state index contributed by atoms with van der Waals surface area (Å²) < 4.78 is 23.9. The maximum atomic E-state index is 15.6. The lowest BCUT2D eigenvalue weighted by atomic mass is 9.95. The molecule has 0 bridgehead atoms. The number of halogens is 1. The Labute approximate surface area is 250 Å². The van der Waals surface area contributed by atoms with Crippen LogP contribution in [0.4, 0.5) is 15.9 Å². The summed E-state index contributed by atoms with van der Waals surface area (Å²) in [5, 5.41) is 7.84. The topological polar surface area (TPSA) is 121 Å². The molecule has 9 nitrogen and oxygen atoms in total. The molecule has 0 spiro atoms. The summed E-state index contributed by atoms with van der Waals surface area (Å²) in [5.41, 5.74) is 12.8. The molecule has 2 aromatic carbocycles. The van der Waals surface area contributed by atoms with E-state index >= 15 is 4.39 Å². The number of pyridine rings is 1. The van der Waals surface area contributed by atoms with Crippen LogP contribution in [0.15, 0.2) is 79.9 Å². The second-order valence-corrected chi connectivity index (χ2v) is 10.9. The molecule has 0 saturated heterocycles. The van der Waals surface area contributed by atoms with Gasteiger partial charge in [-0.05, 0) is 66.9 Å². The Kier molecular flexibility index (Phi) is 7.16. The van der Waals surface area contributed by atoms with Crippen molar-refractivity contribution < 1.29 is 13.9 Å². The number of rotatable bonds is 7. The highest BCUT2D eigenvalue weighted by atomic mass is 32.1. The molecule has 4 aromatic heterocycles. The molecule has 0 unspecified atom stereocenters. The van der Waals surface area contributed by atoms with Crippen LogP contribution in [0.25, 0.3) is 42.8 Å². The van der Waals surface area contributed by atoms with Gasteiger partial charge < -0.3 is 15.8 Å². The molecular weight excluding hydrogens is 565 g/mol. The van der Waals surface area contributed by atoms with Crippen molar-refractivity contribution in [3.63, 3.8) is 0 Å². The fraction of sp³-hybridized carbons (Fsp3) is 0.0938. The van der Waals surface area contributed by atoms with Gasteiger partial charge in [0.1, 0.15) is 5.82 Å². The van der Waals surface area contributed by atoms with Crippen molar-refractivity contribution in [3.05, 3.63) is 97.0 Å². The summed E-state index contributed by atoms with van der Waals surface area (Å²) in [4.78, 5) is 25.6. The average Bonchev–Trinajstić information content (AvgIpc) is 3.59. The quantitative estimate of drug-likeness (QED) is 0.190. The zero-order valence-corrected chi connectivity index (χ0v) is 24.4. The summed E-state index contributed by atoms with van der Waals surface area (Å²) in [7, 11) is 1.85. The van der Waals surface area contributed by atoms with Gasteiger partial charge in [0.05, 0.1) is 6.20 Å². The molecule has 1 amide bonds. The lowest BCUT2D eigenvalue weighted by molar-refractivity contribution is -0.111. The summed E-state index contributed by atoms with van der Waals surface area (Å²) >= 11 is 1.54. The van der Waals surface area contributed by atoms with Crippen LogP contribution in [0.5, 0.6) is 11.8 Å². The van der Waals surface area contributed by atoms with Crippen molar-refractivity contribution in [2.75, 3.05) is 11.1 Å². The number of ether oxygens (including phenoxy) is 1. The van der Waals surface area contributed by atoms with Gasteiger partial charge >= 0.3 is 6.01 Å². The van der Waals surface area contributed by atoms with Crippen LogP contribution >= 0.6 is 11.3 Å². The van der Waals surface area contributed by atoms with Gasteiger partial charge in [-0.2, -0.15) is 5.10 Å². The van der Waals surface area contributed by atoms with Crippen molar-refractivity contribution in [2.45, 2.75) is 13.8 Å². The third-order valence-corrected chi connectivity index (χ3v) is 8.13. The van der Waals surface area contributed by atoms with E-state index in [1.54, 1.807) is 48.4 Å². The number of nitrogens with two attached hydrogens (primary N) is 1. The average molecular weight is 592 g/mol. The molecule has 0 aliphatic heterocycles. The van der Waals surface area contributed by atoms with Crippen LogP contribution < -0.4 is 15.8 Å². The number of anilines is 2. The Bertz CT molecular complexity index is 2050. The van der Waals surface area contributed by atoms with Crippen LogP contribution in [-0.2, 0) is 11.8 Å². The Morgan fingerprint density at radius 1 is 1.09 bits per heavy atom. The first kappa shape index (κ1) is 27.7. The Hall–Kier alpha value is -5.42. The van der Waals surface area contributed by atoms with E-state index in [0.29, 0.717) is 28.1 Å². The Morgan fingerprint density at radius 2 is 1.93 bits per heavy atom. The van der Waals surface area contributed by atoms with Crippen LogP contribution in [0, 0.1) is 19.7 Å². The molecule has 11 heteroatoms. The van der Waals surface area contributed by atoms with E-state index in [0.717, 1.165) is 37.4 Å². The number of aromatic nitrogens is 5. The third kappa shape index (κ3) is 5.33. The zero-order chi connectivity index (χ0) is 30.2. The minimum atomic E-state index is -0.581. The summed E-state index contributed by atoms with van der Waals surface area (Å²) in [6.45, 7) is 7.27. The molecule has 3 N–H and O–H groups in total. The molecule has 6 rings (SSSR count). The van der Waals surface area contributed by atoms with Crippen molar-refractivity contribution in [1.29, 1.82) is 0 Å². The SMILES string of the molecule is C=CC(=O)Nc1ccc(-c2sc3c(-c4cnn(C)c4)cnc(N)c3c2-c2ccc(Oc3nccc(C)n3)c(F)c2)c(C)c1. The first-order valence-corrected chi connectivity index (χ1v) is 14.1. The van der Waals surface area contributed by atoms with Crippen molar-refractivity contribution in [2.24, 2.45) is 7.05 Å². The van der Waals surface area contributed by atoms with Gasteiger partial charge in [-0.15, -0.1) is 11.3 Å². The number of benzene rings is 2. The van der Waals surface area contributed by atoms with Crippen LogP contribution in [0.3, 0.4) is 0 Å². The van der Waals surface area contributed by atoms with E-state index in [2.05, 4.69) is 31.9 Å². The molecule has 0 atom stereocenters. The van der Waals surface area contributed by atoms with Crippen LogP contribution in [-0.4, -0.2) is 30.6 Å². The smallest absolute Gasteiger partial charge is 0.322 e. The number of aryl methyl sites for hydroxylation is 3. The number of fused-ring (bicyclic) bond motifs is 1. The molecule has 0 radical (unpaired) electrons. The lowest BCUT2D eigenvalue weighted by Gasteiger charge is -2.12. The number of nitrogens with one attached hydrogen (secondary N) is 1. The zero-order valence-electron chi connectivity index (χ0n) is 23.6. The monoisotopic (exact) mass is 591 g/mol. The molecule has 0 aliphatic carbocycles. The second kappa shape index (κ2) is 11.1. The molecule has 214 valence electrons. The van der Waals surface area contributed by atoms with E-state index in [4.69, 9.17) is 10.5 Å². The molecular formula is C32H26FN7O2S. The molecule has 6 aromatic rings. The minimum Gasteiger partial charge on any atom is -0.421 e. The molecule has 43 heavy (non-hydrogen) atoms. The number of hydrogen-bond acceptors (Lipinski definition) is 8. The largest absolute Gasteiger partial charge is 0.421 e. The fourth-order valence-corrected chi connectivity index (χ4v) is 6.31. The van der Waals surface area contributed by atoms with Gasteiger partial charge in [-0.3, -0.25) is 9.48 Å². The van der Waals surface area contributed by atoms with Gasteiger partial charge in [-0.1, -0.05) is 18.7 Å². The highest BCUT2D eigenvalue weighted by Crippen LogP contribution is 2.50. The summed E-state index contributed by atoms with van der Waals surface area (Å²) in [6, 6.07) is 12.2. The first-order chi connectivity index (χ1) is 20.7. The Morgan fingerprint density at radius 3 is 2.63 bits per heavy atom. The summed E-state index contributed by atoms with van der Waals surface area (Å²) in [6.07, 6.45) is 8.19. The molecule has 0 fully saturated rings. The molecule has 4 heterocycles. The maximum absolute atomic E-state index is 15.6. The number of carbonyl (C=O) groups is 1. The third-order valence-electron chi connectivity index (χ3n) is 6.88. The predicted octanol–water partition coefficient (Wildman–Crippen LogP) is 7.08. The van der Waals surface area contributed by atoms with Crippen molar-refractivity contribution >= 4 is 38.8 Å². The van der Waals surface area contributed by atoms with Gasteiger partial charge in [0.2, 0.25) is 5.91 Å². The lowest BCUT2D eigenvalue weighted by Crippen LogP contribution is -2.07. The standard InChI is InChI=1S/C32H26FN7O2S/c1-5-26(41)39-21-7-8-22(17(2)12-21)29-27(19-6-9-25(24(33)13-19)42-32-35-11-10-18(3)38-32)28-30(43-29)23(15-36-31(28)34)20-14-37-40(4)16-20/h5-16H,1H2,2-4H3,(H2,34,36)(H,39,41). The predicted molar refractivity (Wildman–Crippen MR) is 167 cm³/mol. The number of nitrogen functional groups attached to an aromatic ring is 1. The van der Waals surface area contributed by atoms with Crippen molar-refractivity contribution in [1.82, 2.24) is 24.7 Å². The Balaban J connectivity index is 1.55. The van der Waals surface area contributed by atoms with E-state index < -0.39 is 5.82 Å². The normalized spacial score (nSPS) is 11.1. The van der Waals surface area contributed by atoms with Gasteiger partial charge in [0.25, 0.3) is 0 Å². The summed E-state index contributed by atoms with van der Waals surface area (Å²) in [5.74, 6) is -0.566. The number of amides is 1. The van der Waals surface area contributed by atoms with Gasteiger partial charge in [-0.25, -0.2) is 19.3 Å². The van der Waals surface area contributed by atoms with E-state index in [1.807, 2.05) is 38.4 Å². The second-order valence-electron chi connectivity index (χ2n) is 9.92. The minimum absolute atomic E-state index is 0.00363. The van der Waals surface area contributed by atoms with Crippen LogP contribution in [0.2, 0.25) is 0 Å². The van der Waals surface area contributed by atoms with Gasteiger partial charge in [0.15, 0.2) is 11.6 Å². The molecule has 0 saturated carbocycles. The number of nitrogens with zero attached hydrogens (tertiary/aromatic N) is 5. The van der Waals surface area contributed by atoms with E-state index in [-0.39, 0.29) is 17.7 Å². The maximum Gasteiger partial charge on any atom is 0.322 e. The molecule has 0 aliphatic rings. The van der Waals surface area contributed by atoms with E-state index in [1.165, 1.54) is 23.5 Å².